The van der Waals surface area contributed by atoms with Gasteiger partial charge in [0.25, 0.3) is 0 Å². The number of nitrogens with one attached hydrogen (secondary N) is 6. The van der Waals surface area contributed by atoms with Gasteiger partial charge in [-0.15, -0.1) is 0 Å². The maximum absolute atomic E-state index is 11.4. The van der Waals surface area contributed by atoms with Gasteiger partial charge in [0.15, 0.2) is 0 Å². The zero-order valence-corrected chi connectivity index (χ0v) is 46.2. The maximum Gasteiger partial charge on any atom is 1.00 e. The van der Waals surface area contributed by atoms with Crippen LogP contribution in [0.2, 0.25) is 0 Å². The van der Waals surface area contributed by atoms with Gasteiger partial charge in [0.05, 0.1) is 19.6 Å². The van der Waals surface area contributed by atoms with Gasteiger partial charge < -0.3 is 50.1 Å². The van der Waals surface area contributed by atoms with Gasteiger partial charge in [-0.05, 0) is 122 Å². The second-order valence-corrected chi connectivity index (χ2v) is 18.2. The van der Waals surface area contributed by atoms with Crippen molar-refractivity contribution in [1.82, 2.24) is 15.0 Å². The number of anilines is 10. The van der Waals surface area contributed by atoms with E-state index in [1.54, 1.807) is 18.2 Å². The van der Waals surface area contributed by atoms with Gasteiger partial charge in [-0.2, -0.15) is 15.0 Å². The SMILES string of the molecule is O=S(=O)([O-])c1ccc(Nc2cc(NCCCNc3nc(Nc4ccc(S(=O)(=O)[O-])cc4)nc(Nc4ccc(S(=O)(=O)[O-])cc4)n3)cc(Nc3ccc(S(=O)(=O)[O-])cc3)c2)cc1.[Na+].[Na+].[Na+].[Na+]. The van der Waals surface area contributed by atoms with Crippen molar-refractivity contribution in [3.05, 3.63) is 115 Å². The molecule has 1 aromatic heterocycles. The molecule has 21 nitrogen and oxygen atoms in total. The Labute approximate surface area is 463 Å². The zero-order valence-electron chi connectivity index (χ0n) is 35.0. The van der Waals surface area contributed by atoms with E-state index in [1.165, 1.54) is 72.8 Å². The van der Waals surface area contributed by atoms with Crippen molar-refractivity contribution in [3.63, 3.8) is 0 Å². The van der Waals surface area contributed by atoms with E-state index in [2.05, 4.69) is 46.9 Å². The molecule has 0 amide bonds. The van der Waals surface area contributed by atoms with E-state index in [-0.39, 0.29) is 136 Å². The standard InChI is InChI=1S/C36H35N9O12S4.4Na/c46-58(47,48)30-10-2-23(3-11-30)39-28-20-27(21-29(22-28)40-24-4-12-31(13-5-24)59(49,50)51)37-18-1-19-38-34-43-35(41-25-6-14-32(15-7-25)60(52,53)54)45-36(44-34)42-26-8-16-33(17-9-26)61(55,56)57;;;;/h2-17,20-22,37,39-40H,1,18-19H2,(H,46,47,48)(H,49,50,51)(H,52,53,54)(H,55,56,57)(H3,38,41,42,43,44,45);;;;/q;4*+1/p-4. The Balaban J connectivity index is 0.00000363. The van der Waals surface area contributed by atoms with Gasteiger partial charge in [0, 0.05) is 52.9 Å². The van der Waals surface area contributed by atoms with Crippen molar-refractivity contribution in [2.75, 3.05) is 45.0 Å². The van der Waals surface area contributed by atoms with Gasteiger partial charge in [0.1, 0.15) is 40.5 Å². The molecule has 0 aliphatic rings. The first-order valence-corrected chi connectivity index (χ1v) is 23.0. The van der Waals surface area contributed by atoms with Crippen LogP contribution < -0.4 is 150 Å². The largest absolute Gasteiger partial charge is 1.00 e. The van der Waals surface area contributed by atoms with Gasteiger partial charge in [0.2, 0.25) is 17.8 Å². The van der Waals surface area contributed by atoms with E-state index < -0.39 is 60.1 Å². The molecule has 0 radical (unpaired) electrons. The fraction of sp³-hybridized carbons (Fsp3) is 0.0833. The maximum atomic E-state index is 11.4. The van der Waals surface area contributed by atoms with Crippen molar-refractivity contribution in [1.29, 1.82) is 0 Å². The van der Waals surface area contributed by atoms with Gasteiger partial charge in [-0.3, -0.25) is 0 Å². The summed E-state index contributed by atoms with van der Waals surface area (Å²) in [6, 6.07) is 25.3. The summed E-state index contributed by atoms with van der Waals surface area (Å²) in [5.41, 5.74) is 3.25. The smallest absolute Gasteiger partial charge is 0.744 e. The fourth-order valence-electron chi connectivity index (χ4n) is 5.37. The molecule has 0 saturated carbocycles. The Morgan fingerprint density at radius 3 is 0.908 bits per heavy atom. The molecule has 5 aromatic carbocycles. The fourth-order valence-corrected chi connectivity index (χ4v) is 7.25. The summed E-state index contributed by atoms with van der Waals surface area (Å²) >= 11 is 0. The zero-order chi connectivity index (χ0) is 44.0. The second-order valence-electron chi connectivity index (χ2n) is 12.7. The Kier molecular flexibility index (Phi) is 22.8. The van der Waals surface area contributed by atoms with Crippen LogP contribution in [-0.2, 0) is 40.5 Å². The molecule has 0 fully saturated rings. The molecular weight excluding hydrogens is 971 g/mol. The summed E-state index contributed by atoms with van der Waals surface area (Å²) in [5.74, 6) is 0.0712. The Hall–Kier alpha value is -2.45. The van der Waals surface area contributed by atoms with Crippen molar-refractivity contribution in [2.24, 2.45) is 0 Å². The van der Waals surface area contributed by atoms with Crippen LogP contribution >= 0.6 is 0 Å². The van der Waals surface area contributed by atoms with E-state index in [1.807, 2.05) is 0 Å². The molecule has 0 aliphatic carbocycles. The van der Waals surface area contributed by atoms with Crippen LogP contribution in [0.4, 0.5) is 57.7 Å². The molecule has 0 saturated heterocycles. The molecule has 0 unspecified atom stereocenters. The van der Waals surface area contributed by atoms with E-state index in [0.29, 0.717) is 59.3 Å². The molecule has 6 aromatic rings. The number of benzene rings is 5. The molecular formula is C36H31N9Na4O12S4. The number of nitrogens with zero attached hydrogens (tertiary/aromatic N) is 3. The average molecular weight is 1000 g/mol. The van der Waals surface area contributed by atoms with E-state index in [4.69, 9.17) is 0 Å². The molecule has 0 spiro atoms. The predicted molar refractivity (Wildman–Crippen MR) is 219 cm³/mol. The van der Waals surface area contributed by atoms with Crippen LogP contribution in [0.5, 0.6) is 0 Å². The number of hydrogen-bond donors (Lipinski definition) is 6. The number of hydrogen-bond acceptors (Lipinski definition) is 21. The van der Waals surface area contributed by atoms with Crippen LogP contribution in [0.15, 0.2) is 135 Å². The first-order chi connectivity index (χ1) is 28.7. The normalized spacial score (nSPS) is 11.3. The molecule has 6 rings (SSSR count). The van der Waals surface area contributed by atoms with Crippen molar-refractivity contribution in [2.45, 2.75) is 26.0 Å². The third-order valence-corrected chi connectivity index (χ3v) is 11.6. The molecule has 0 atom stereocenters. The van der Waals surface area contributed by atoms with Crippen molar-refractivity contribution < 1.29 is 170 Å². The van der Waals surface area contributed by atoms with E-state index in [9.17, 15) is 51.9 Å². The summed E-state index contributed by atoms with van der Waals surface area (Å²) in [6.45, 7) is 0.683. The van der Waals surface area contributed by atoms with Crippen LogP contribution in [-0.4, -0.2) is 79.9 Å². The van der Waals surface area contributed by atoms with Crippen molar-refractivity contribution >= 4 is 98.1 Å². The molecule has 0 aliphatic heterocycles. The third kappa shape index (κ3) is 18.2. The van der Waals surface area contributed by atoms with Crippen LogP contribution in [0.3, 0.4) is 0 Å². The van der Waals surface area contributed by atoms with Crippen LogP contribution in [0.1, 0.15) is 6.42 Å². The number of aromatic nitrogens is 3. The van der Waals surface area contributed by atoms with Gasteiger partial charge >= 0.3 is 118 Å². The van der Waals surface area contributed by atoms with Gasteiger partial charge in [-0.1, -0.05) is 0 Å². The summed E-state index contributed by atoms with van der Waals surface area (Å²) in [5, 5.41) is 18.5. The van der Waals surface area contributed by atoms with Gasteiger partial charge in [-0.25, -0.2) is 33.7 Å². The summed E-state index contributed by atoms with van der Waals surface area (Å²) in [6.07, 6.45) is 0.476. The first kappa shape index (κ1) is 58.7. The monoisotopic (exact) mass is 1000 g/mol. The average Bonchev–Trinajstić information content (AvgIpc) is 3.17. The minimum Gasteiger partial charge on any atom is -0.744 e. The predicted octanol–water partition coefficient (Wildman–Crippen LogP) is -7.61. The molecule has 320 valence electrons. The quantitative estimate of drug-likeness (QED) is 0.0265. The summed E-state index contributed by atoms with van der Waals surface area (Å²) in [7, 11) is -18.7. The minimum absolute atomic E-state index is 0. The van der Waals surface area contributed by atoms with Crippen molar-refractivity contribution in [3.8, 4) is 0 Å². The Morgan fingerprint density at radius 1 is 0.338 bits per heavy atom. The molecule has 65 heavy (non-hydrogen) atoms. The Bertz CT molecular complexity index is 2610. The summed E-state index contributed by atoms with van der Waals surface area (Å²) in [4.78, 5) is 11.3. The summed E-state index contributed by atoms with van der Waals surface area (Å²) < 4.78 is 137. The number of rotatable bonds is 18. The Morgan fingerprint density at radius 2 is 0.600 bits per heavy atom. The molecule has 0 bridgehead atoms. The van der Waals surface area contributed by atoms with E-state index >= 15 is 0 Å². The minimum atomic E-state index is -4.69. The first-order valence-electron chi connectivity index (χ1n) is 17.4. The van der Waals surface area contributed by atoms with Crippen LogP contribution in [0.25, 0.3) is 0 Å². The van der Waals surface area contributed by atoms with Crippen LogP contribution in [0, 0.1) is 0 Å². The second kappa shape index (κ2) is 25.2. The third-order valence-electron chi connectivity index (χ3n) is 8.20. The van der Waals surface area contributed by atoms with E-state index in [0.717, 1.165) is 24.3 Å². The molecule has 29 heteroatoms. The molecule has 1 heterocycles. The molecule has 6 N–H and O–H groups in total. The topological polar surface area (TPSA) is 340 Å².